The zero-order valence-corrected chi connectivity index (χ0v) is 12.2. The van der Waals surface area contributed by atoms with E-state index >= 15 is 0 Å². The summed E-state index contributed by atoms with van der Waals surface area (Å²) < 4.78 is 6.45. The number of primary amides is 1. The highest BCUT2D eigenvalue weighted by molar-refractivity contribution is 14.1. The molecule has 102 valence electrons. The van der Waals surface area contributed by atoms with Gasteiger partial charge in [-0.2, -0.15) is 0 Å². The Balaban J connectivity index is 2.44. The summed E-state index contributed by atoms with van der Waals surface area (Å²) >= 11 is 2.08. The van der Waals surface area contributed by atoms with Crippen LogP contribution in [0, 0.1) is 13.7 Å². The fraction of sp³-hybridized carbons (Fsp3) is 0. The van der Waals surface area contributed by atoms with Gasteiger partial charge in [-0.15, -0.1) is 0 Å². The molecule has 2 aromatic rings. The average Bonchev–Trinajstić information content (AvgIpc) is 2.41. The van der Waals surface area contributed by atoms with E-state index in [0.717, 1.165) is 9.64 Å². The number of nitro groups is 1. The molecule has 7 heteroatoms. The summed E-state index contributed by atoms with van der Waals surface area (Å²) in [6, 6.07) is 10.9. The summed E-state index contributed by atoms with van der Waals surface area (Å²) in [5, 5.41) is 10.7. The third-order valence-corrected chi connectivity index (χ3v) is 3.39. The van der Waals surface area contributed by atoms with Gasteiger partial charge in [-0.25, -0.2) is 0 Å². The summed E-state index contributed by atoms with van der Waals surface area (Å²) in [6.45, 7) is 0. The lowest BCUT2D eigenvalue weighted by molar-refractivity contribution is -0.384. The molecule has 0 aliphatic heterocycles. The second-order valence-corrected chi connectivity index (χ2v) is 5.00. The molecule has 0 atom stereocenters. The smallest absolute Gasteiger partial charge is 0.270 e. The summed E-state index contributed by atoms with van der Waals surface area (Å²) in [5.74, 6) is -0.0497. The van der Waals surface area contributed by atoms with Crippen LogP contribution in [0.15, 0.2) is 42.5 Å². The fourth-order valence-electron chi connectivity index (χ4n) is 1.56. The molecule has 2 N–H and O–H groups in total. The van der Waals surface area contributed by atoms with Crippen molar-refractivity contribution in [2.24, 2.45) is 5.73 Å². The van der Waals surface area contributed by atoms with E-state index in [1.807, 2.05) is 12.1 Å². The molecule has 0 saturated carbocycles. The fourth-order valence-corrected chi connectivity index (χ4v) is 2.06. The molecule has 0 radical (unpaired) electrons. The number of ether oxygens (including phenoxy) is 1. The number of non-ortho nitro benzene ring substituents is 1. The van der Waals surface area contributed by atoms with Crippen LogP contribution in [0.5, 0.6) is 11.5 Å². The largest absolute Gasteiger partial charge is 0.455 e. The van der Waals surface area contributed by atoms with Gasteiger partial charge in [0.25, 0.3) is 11.6 Å². The molecule has 1 amide bonds. The van der Waals surface area contributed by atoms with E-state index in [-0.39, 0.29) is 17.0 Å². The Morgan fingerprint density at radius 2 is 1.90 bits per heavy atom. The Morgan fingerprint density at radius 1 is 1.20 bits per heavy atom. The summed E-state index contributed by atoms with van der Waals surface area (Å²) in [6.07, 6.45) is 0. The number of para-hydroxylation sites is 1. The number of carbonyl (C=O) groups excluding carboxylic acids is 1. The van der Waals surface area contributed by atoms with Crippen molar-refractivity contribution in [3.8, 4) is 11.5 Å². The van der Waals surface area contributed by atoms with Crippen LogP contribution in [0.2, 0.25) is 0 Å². The lowest BCUT2D eigenvalue weighted by Crippen LogP contribution is -2.12. The first-order valence-electron chi connectivity index (χ1n) is 5.49. The van der Waals surface area contributed by atoms with E-state index in [0.29, 0.717) is 5.75 Å². The van der Waals surface area contributed by atoms with Gasteiger partial charge in [-0.1, -0.05) is 12.1 Å². The molecule has 2 aromatic carbocycles. The Morgan fingerprint density at radius 3 is 2.50 bits per heavy atom. The van der Waals surface area contributed by atoms with Crippen molar-refractivity contribution in [1.29, 1.82) is 0 Å². The predicted octanol–water partition coefficient (Wildman–Crippen LogP) is 3.09. The van der Waals surface area contributed by atoms with Gasteiger partial charge in [0.2, 0.25) is 0 Å². The lowest BCUT2D eigenvalue weighted by Gasteiger charge is -2.10. The second-order valence-electron chi connectivity index (χ2n) is 3.83. The third kappa shape index (κ3) is 3.05. The molecule has 0 fully saturated rings. The highest BCUT2D eigenvalue weighted by Crippen LogP contribution is 2.30. The molecule has 0 aromatic heterocycles. The first-order valence-corrected chi connectivity index (χ1v) is 6.57. The van der Waals surface area contributed by atoms with Crippen LogP contribution in [0.1, 0.15) is 10.4 Å². The normalized spacial score (nSPS) is 10.1. The van der Waals surface area contributed by atoms with Gasteiger partial charge in [0.1, 0.15) is 11.5 Å². The minimum absolute atomic E-state index is 0.0288. The maximum Gasteiger partial charge on any atom is 0.270 e. The maximum absolute atomic E-state index is 11.4. The number of halogens is 1. The molecule has 6 nitrogen and oxygen atoms in total. The number of amides is 1. The molecular weight excluding hydrogens is 375 g/mol. The molecule has 0 bridgehead atoms. The molecule has 0 unspecified atom stereocenters. The van der Waals surface area contributed by atoms with E-state index in [1.165, 1.54) is 12.1 Å². The van der Waals surface area contributed by atoms with Crippen LogP contribution >= 0.6 is 22.6 Å². The zero-order valence-electron chi connectivity index (χ0n) is 10.1. The molecule has 0 aliphatic carbocycles. The molecule has 0 heterocycles. The van der Waals surface area contributed by atoms with Crippen molar-refractivity contribution in [2.75, 3.05) is 0 Å². The number of nitrogens with two attached hydrogens (primary N) is 1. The highest BCUT2D eigenvalue weighted by atomic mass is 127. The van der Waals surface area contributed by atoms with Gasteiger partial charge in [0, 0.05) is 12.1 Å². The van der Waals surface area contributed by atoms with E-state index in [1.54, 1.807) is 12.1 Å². The number of carbonyl (C=O) groups is 1. The Bertz CT molecular complexity index is 688. The molecular formula is C13H9IN2O4. The first-order chi connectivity index (χ1) is 9.49. The number of nitrogens with zero attached hydrogens (tertiary/aromatic N) is 1. The monoisotopic (exact) mass is 384 g/mol. The standard InChI is InChI=1S/C13H9IN2O4/c14-10-3-1-2-4-12(10)20-11-6-5-8(16(18)19)7-9(11)13(15)17/h1-7H,(H2,15,17). The number of hydrogen-bond donors (Lipinski definition) is 1. The maximum atomic E-state index is 11.4. The van der Waals surface area contributed by atoms with Gasteiger partial charge < -0.3 is 10.5 Å². The van der Waals surface area contributed by atoms with Gasteiger partial charge in [0.05, 0.1) is 14.1 Å². The zero-order chi connectivity index (χ0) is 14.7. The Hall–Kier alpha value is -2.16. The van der Waals surface area contributed by atoms with Crippen LogP contribution in [0.25, 0.3) is 0 Å². The highest BCUT2D eigenvalue weighted by Gasteiger charge is 2.16. The second kappa shape index (κ2) is 5.87. The van der Waals surface area contributed by atoms with Gasteiger partial charge in [-0.3, -0.25) is 14.9 Å². The van der Waals surface area contributed by atoms with Crippen LogP contribution in [-0.4, -0.2) is 10.8 Å². The quantitative estimate of drug-likeness (QED) is 0.498. The average molecular weight is 384 g/mol. The summed E-state index contributed by atoms with van der Waals surface area (Å²) in [5.41, 5.74) is 4.99. The van der Waals surface area contributed by atoms with Gasteiger partial charge >= 0.3 is 0 Å². The van der Waals surface area contributed by atoms with Crippen molar-refractivity contribution >= 4 is 34.2 Å². The Labute approximate surface area is 127 Å². The van der Waals surface area contributed by atoms with Crippen molar-refractivity contribution in [2.45, 2.75) is 0 Å². The number of hydrogen-bond acceptors (Lipinski definition) is 4. The van der Waals surface area contributed by atoms with E-state index in [2.05, 4.69) is 22.6 Å². The molecule has 20 heavy (non-hydrogen) atoms. The van der Waals surface area contributed by atoms with E-state index < -0.39 is 10.8 Å². The third-order valence-electron chi connectivity index (χ3n) is 2.50. The Kier molecular flexibility index (Phi) is 4.18. The lowest BCUT2D eigenvalue weighted by atomic mass is 10.1. The molecule has 0 spiro atoms. The van der Waals surface area contributed by atoms with Crippen LogP contribution in [-0.2, 0) is 0 Å². The van der Waals surface area contributed by atoms with Crippen LogP contribution < -0.4 is 10.5 Å². The summed E-state index contributed by atoms with van der Waals surface area (Å²) in [4.78, 5) is 21.5. The van der Waals surface area contributed by atoms with Crippen molar-refractivity contribution in [1.82, 2.24) is 0 Å². The molecule has 2 rings (SSSR count). The number of nitro benzene ring substituents is 1. The SMILES string of the molecule is NC(=O)c1cc([N+](=O)[O-])ccc1Oc1ccccc1I. The number of rotatable bonds is 4. The van der Waals surface area contributed by atoms with Crippen molar-refractivity contribution in [3.63, 3.8) is 0 Å². The van der Waals surface area contributed by atoms with Gasteiger partial charge in [0.15, 0.2) is 0 Å². The van der Waals surface area contributed by atoms with Crippen molar-refractivity contribution in [3.05, 3.63) is 61.7 Å². The summed E-state index contributed by atoms with van der Waals surface area (Å²) in [7, 11) is 0. The van der Waals surface area contributed by atoms with Crippen LogP contribution in [0.4, 0.5) is 5.69 Å². The van der Waals surface area contributed by atoms with Crippen LogP contribution in [0.3, 0.4) is 0 Å². The topological polar surface area (TPSA) is 95.5 Å². The van der Waals surface area contributed by atoms with Crippen molar-refractivity contribution < 1.29 is 14.5 Å². The molecule has 0 saturated heterocycles. The first kappa shape index (κ1) is 14.3. The van der Waals surface area contributed by atoms with E-state index in [9.17, 15) is 14.9 Å². The number of benzene rings is 2. The van der Waals surface area contributed by atoms with E-state index in [4.69, 9.17) is 10.5 Å². The minimum Gasteiger partial charge on any atom is -0.455 e. The predicted molar refractivity (Wildman–Crippen MR) is 80.8 cm³/mol. The minimum atomic E-state index is -0.783. The van der Waals surface area contributed by atoms with Gasteiger partial charge in [-0.05, 0) is 40.8 Å². The molecule has 0 aliphatic rings.